The molecule has 0 aliphatic carbocycles. The smallest absolute Gasteiger partial charge is 0.319 e. The second-order valence-electron chi connectivity index (χ2n) is 4.87. The van der Waals surface area contributed by atoms with Crippen molar-refractivity contribution in [2.24, 2.45) is 5.73 Å². The molecule has 0 atom stereocenters. The van der Waals surface area contributed by atoms with Crippen LogP contribution in [-0.4, -0.2) is 44.0 Å². The van der Waals surface area contributed by atoms with Crippen molar-refractivity contribution in [2.45, 2.75) is 19.4 Å². The Balaban J connectivity index is 2.25. The van der Waals surface area contributed by atoms with E-state index in [9.17, 15) is 9.59 Å². The van der Waals surface area contributed by atoms with Gasteiger partial charge in [-0.2, -0.15) is 0 Å². The standard InChI is InChI=1S/C15H23N3O3/c1-18(11-15(20)21-2)9-3-4-14(19)17-13-7-5-12(10-16)6-8-13/h5-8H,3-4,9-11,16H2,1-2H3,(H,17,19). The predicted octanol–water partition coefficient (Wildman–Crippen LogP) is 0.969. The van der Waals surface area contributed by atoms with Crippen LogP contribution in [0.3, 0.4) is 0 Å². The number of anilines is 1. The minimum absolute atomic E-state index is 0.0398. The molecule has 0 aliphatic heterocycles. The fourth-order valence-electron chi connectivity index (χ4n) is 1.82. The predicted molar refractivity (Wildman–Crippen MR) is 81.7 cm³/mol. The van der Waals surface area contributed by atoms with Crippen molar-refractivity contribution in [3.63, 3.8) is 0 Å². The third-order valence-corrected chi connectivity index (χ3v) is 3.04. The van der Waals surface area contributed by atoms with Gasteiger partial charge >= 0.3 is 5.97 Å². The fourth-order valence-corrected chi connectivity index (χ4v) is 1.82. The lowest BCUT2D eigenvalue weighted by atomic mass is 10.2. The Morgan fingerprint density at radius 2 is 1.95 bits per heavy atom. The molecule has 0 radical (unpaired) electrons. The molecule has 0 aromatic heterocycles. The molecule has 0 unspecified atom stereocenters. The summed E-state index contributed by atoms with van der Waals surface area (Å²) in [5, 5.41) is 2.83. The molecular weight excluding hydrogens is 270 g/mol. The van der Waals surface area contributed by atoms with E-state index in [1.54, 1.807) is 0 Å². The molecule has 0 heterocycles. The highest BCUT2D eigenvalue weighted by atomic mass is 16.5. The second kappa shape index (κ2) is 9.10. The van der Waals surface area contributed by atoms with Gasteiger partial charge in [0.1, 0.15) is 0 Å². The number of ether oxygens (including phenoxy) is 1. The molecule has 1 amide bonds. The summed E-state index contributed by atoms with van der Waals surface area (Å²) in [6.07, 6.45) is 1.09. The Kier molecular flexibility index (Phi) is 7.42. The Bertz CT molecular complexity index is 460. The number of likely N-dealkylation sites (N-methyl/N-ethyl adjacent to an activating group) is 1. The zero-order valence-electron chi connectivity index (χ0n) is 12.6. The number of nitrogens with zero attached hydrogens (tertiary/aromatic N) is 1. The first-order chi connectivity index (χ1) is 10.0. The lowest BCUT2D eigenvalue weighted by molar-refractivity contribution is -0.141. The average Bonchev–Trinajstić information content (AvgIpc) is 2.47. The SMILES string of the molecule is COC(=O)CN(C)CCCC(=O)Nc1ccc(CN)cc1. The number of benzene rings is 1. The number of nitrogens with two attached hydrogens (primary N) is 1. The highest BCUT2D eigenvalue weighted by Crippen LogP contribution is 2.09. The summed E-state index contributed by atoms with van der Waals surface area (Å²) < 4.78 is 4.58. The molecule has 6 nitrogen and oxygen atoms in total. The number of carbonyl (C=O) groups is 2. The highest BCUT2D eigenvalue weighted by Gasteiger charge is 2.07. The minimum atomic E-state index is -0.276. The summed E-state index contributed by atoms with van der Waals surface area (Å²) in [7, 11) is 3.18. The number of carbonyl (C=O) groups excluding carboxylic acids is 2. The van der Waals surface area contributed by atoms with Crippen molar-refractivity contribution in [2.75, 3.05) is 32.6 Å². The molecular formula is C15H23N3O3. The summed E-state index contributed by atoms with van der Waals surface area (Å²) in [6.45, 7) is 1.38. The molecule has 0 aliphatic rings. The van der Waals surface area contributed by atoms with Crippen molar-refractivity contribution in [1.29, 1.82) is 0 Å². The van der Waals surface area contributed by atoms with Gasteiger partial charge in [-0.25, -0.2) is 0 Å². The van der Waals surface area contributed by atoms with E-state index in [4.69, 9.17) is 5.73 Å². The van der Waals surface area contributed by atoms with Crippen LogP contribution in [0.15, 0.2) is 24.3 Å². The topological polar surface area (TPSA) is 84.7 Å². The Hall–Kier alpha value is -1.92. The molecule has 0 bridgehead atoms. The zero-order chi connectivity index (χ0) is 15.7. The molecule has 3 N–H and O–H groups in total. The van der Waals surface area contributed by atoms with E-state index in [0.29, 0.717) is 25.9 Å². The summed E-state index contributed by atoms with van der Waals surface area (Å²) in [5.74, 6) is -0.316. The van der Waals surface area contributed by atoms with E-state index >= 15 is 0 Å². The van der Waals surface area contributed by atoms with Gasteiger partial charge in [0.2, 0.25) is 5.91 Å². The number of amides is 1. The molecule has 1 rings (SSSR count). The maximum absolute atomic E-state index is 11.8. The third kappa shape index (κ3) is 6.87. The first kappa shape index (κ1) is 17.1. The Morgan fingerprint density at radius 1 is 1.29 bits per heavy atom. The lowest BCUT2D eigenvalue weighted by Crippen LogP contribution is -2.28. The molecule has 0 saturated heterocycles. The van der Waals surface area contributed by atoms with E-state index in [0.717, 1.165) is 11.3 Å². The minimum Gasteiger partial charge on any atom is -0.468 e. The van der Waals surface area contributed by atoms with Crippen LogP contribution in [0.1, 0.15) is 18.4 Å². The van der Waals surface area contributed by atoms with Gasteiger partial charge < -0.3 is 15.8 Å². The monoisotopic (exact) mass is 293 g/mol. The summed E-state index contributed by atoms with van der Waals surface area (Å²) in [6, 6.07) is 7.45. The maximum Gasteiger partial charge on any atom is 0.319 e. The van der Waals surface area contributed by atoms with E-state index < -0.39 is 0 Å². The van der Waals surface area contributed by atoms with Crippen LogP contribution in [-0.2, 0) is 20.9 Å². The number of rotatable bonds is 8. The number of hydrogen-bond donors (Lipinski definition) is 2. The lowest BCUT2D eigenvalue weighted by Gasteiger charge is -2.14. The first-order valence-electron chi connectivity index (χ1n) is 6.89. The zero-order valence-corrected chi connectivity index (χ0v) is 12.6. The van der Waals surface area contributed by atoms with Crippen molar-refractivity contribution < 1.29 is 14.3 Å². The van der Waals surface area contributed by atoms with Crippen molar-refractivity contribution >= 4 is 17.6 Å². The van der Waals surface area contributed by atoms with Gasteiger partial charge in [-0.15, -0.1) is 0 Å². The molecule has 21 heavy (non-hydrogen) atoms. The van der Waals surface area contributed by atoms with Gasteiger partial charge in [-0.05, 0) is 37.7 Å². The van der Waals surface area contributed by atoms with Crippen LogP contribution in [0.4, 0.5) is 5.69 Å². The van der Waals surface area contributed by atoms with E-state index in [2.05, 4.69) is 10.1 Å². The molecule has 0 spiro atoms. The number of hydrogen-bond acceptors (Lipinski definition) is 5. The second-order valence-corrected chi connectivity index (χ2v) is 4.87. The number of nitrogens with one attached hydrogen (secondary N) is 1. The summed E-state index contributed by atoms with van der Waals surface area (Å²) in [5.41, 5.74) is 7.30. The third-order valence-electron chi connectivity index (χ3n) is 3.04. The molecule has 1 aromatic carbocycles. The van der Waals surface area contributed by atoms with Crippen LogP contribution in [0.25, 0.3) is 0 Å². The van der Waals surface area contributed by atoms with Crippen molar-refractivity contribution in [3.8, 4) is 0 Å². The quantitative estimate of drug-likeness (QED) is 0.698. The first-order valence-corrected chi connectivity index (χ1v) is 6.89. The molecule has 116 valence electrons. The largest absolute Gasteiger partial charge is 0.468 e. The van der Waals surface area contributed by atoms with E-state index in [1.165, 1.54) is 7.11 Å². The molecule has 1 aromatic rings. The van der Waals surface area contributed by atoms with Gasteiger partial charge in [0.05, 0.1) is 13.7 Å². The number of methoxy groups -OCH3 is 1. The van der Waals surface area contributed by atoms with Gasteiger partial charge in [0.25, 0.3) is 0 Å². The van der Waals surface area contributed by atoms with Crippen molar-refractivity contribution in [3.05, 3.63) is 29.8 Å². The maximum atomic E-state index is 11.8. The molecule has 6 heteroatoms. The van der Waals surface area contributed by atoms with Gasteiger partial charge in [-0.3, -0.25) is 14.5 Å². The molecule has 0 saturated carbocycles. The van der Waals surface area contributed by atoms with Gasteiger partial charge in [0.15, 0.2) is 0 Å². The number of esters is 1. The Labute approximate surface area is 125 Å². The van der Waals surface area contributed by atoms with Crippen LogP contribution >= 0.6 is 0 Å². The highest BCUT2D eigenvalue weighted by molar-refractivity contribution is 5.90. The van der Waals surface area contributed by atoms with Crippen LogP contribution in [0, 0.1) is 0 Å². The van der Waals surface area contributed by atoms with E-state index in [1.807, 2.05) is 36.2 Å². The average molecular weight is 293 g/mol. The van der Waals surface area contributed by atoms with Crippen LogP contribution in [0.2, 0.25) is 0 Å². The van der Waals surface area contributed by atoms with Gasteiger partial charge in [-0.1, -0.05) is 12.1 Å². The Morgan fingerprint density at radius 3 is 2.52 bits per heavy atom. The van der Waals surface area contributed by atoms with Gasteiger partial charge in [0, 0.05) is 18.7 Å². The molecule has 0 fully saturated rings. The van der Waals surface area contributed by atoms with E-state index in [-0.39, 0.29) is 18.4 Å². The van der Waals surface area contributed by atoms with Crippen LogP contribution in [0.5, 0.6) is 0 Å². The van der Waals surface area contributed by atoms with Crippen molar-refractivity contribution in [1.82, 2.24) is 4.90 Å². The summed E-state index contributed by atoms with van der Waals surface area (Å²) in [4.78, 5) is 24.7. The fraction of sp³-hybridized carbons (Fsp3) is 0.467. The summed E-state index contributed by atoms with van der Waals surface area (Å²) >= 11 is 0. The normalized spacial score (nSPS) is 10.5. The van der Waals surface area contributed by atoms with Crippen LogP contribution < -0.4 is 11.1 Å².